The maximum Gasteiger partial charge on any atom is 0.529 e. The number of hydrogen-bond acceptors (Lipinski definition) is 5. The van der Waals surface area contributed by atoms with E-state index >= 15 is 0 Å². The Morgan fingerprint density at radius 3 is 2.50 bits per heavy atom. The molecule has 0 radical (unpaired) electrons. The standard InChI is InChI=1S/C13H25O6P/c1-3-5-6-7-8-9-10-12(14)11-18-20(16,17)19-13(15)4-2/h4,12,14H,2-3,5-11H2,1H3,(H,16,17). The first-order valence-electron chi connectivity index (χ1n) is 6.92. The molecule has 0 aliphatic heterocycles. The second-order valence-electron chi connectivity index (χ2n) is 4.59. The van der Waals surface area contributed by atoms with Crippen molar-refractivity contribution in [1.29, 1.82) is 0 Å². The zero-order chi connectivity index (χ0) is 15.4. The Labute approximate surface area is 120 Å². The van der Waals surface area contributed by atoms with Crippen molar-refractivity contribution in [3.8, 4) is 0 Å². The van der Waals surface area contributed by atoms with Crippen LogP contribution in [0, 0.1) is 0 Å². The van der Waals surface area contributed by atoms with Crippen LogP contribution < -0.4 is 0 Å². The highest BCUT2D eigenvalue weighted by Crippen LogP contribution is 2.43. The minimum atomic E-state index is -4.45. The van der Waals surface area contributed by atoms with Gasteiger partial charge in [0.1, 0.15) is 0 Å². The molecular weight excluding hydrogens is 283 g/mol. The van der Waals surface area contributed by atoms with Crippen LogP contribution >= 0.6 is 7.82 Å². The average Bonchev–Trinajstić information content (AvgIpc) is 2.40. The van der Waals surface area contributed by atoms with Gasteiger partial charge < -0.3 is 9.63 Å². The first kappa shape index (κ1) is 19.3. The van der Waals surface area contributed by atoms with Crippen molar-refractivity contribution >= 4 is 13.8 Å². The lowest BCUT2D eigenvalue weighted by molar-refractivity contribution is -0.130. The molecule has 0 spiro atoms. The van der Waals surface area contributed by atoms with E-state index in [9.17, 15) is 14.5 Å². The maximum absolute atomic E-state index is 11.3. The second-order valence-corrected chi connectivity index (χ2v) is 5.97. The molecule has 118 valence electrons. The molecule has 0 amide bonds. The van der Waals surface area contributed by atoms with Gasteiger partial charge >= 0.3 is 13.8 Å². The smallest absolute Gasteiger partial charge is 0.391 e. The summed E-state index contributed by atoms with van der Waals surface area (Å²) in [4.78, 5) is 19.9. The summed E-state index contributed by atoms with van der Waals surface area (Å²) in [6.07, 6.45) is 6.96. The van der Waals surface area contributed by atoms with Crippen LogP contribution in [0.25, 0.3) is 0 Å². The molecule has 0 aromatic rings. The van der Waals surface area contributed by atoms with Gasteiger partial charge in [0.05, 0.1) is 12.7 Å². The largest absolute Gasteiger partial charge is 0.529 e. The van der Waals surface area contributed by atoms with Gasteiger partial charge in [0.2, 0.25) is 0 Å². The Morgan fingerprint density at radius 2 is 1.90 bits per heavy atom. The number of rotatable bonds is 12. The zero-order valence-electron chi connectivity index (χ0n) is 12.0. The van der Waals surface area contributed by atoms with Crippen LogP contribution in [0.1, 0.15) is 51.9 Å². The first-order valence-corrected chi connectivity index (χ1v) is 8.42. The average molecular weight is 308 g/mol. The lowest BCUT2D eigenvalue weighted by atomic mass is 10.1. The minimum absolute atomic E-state index is 0.340. The first-order chi connectivity index (χ1) is 9.41. The fourth-order valence-electron chi connectivity index (χ4n) is 1.60. The highest BCUT2D eigenvalue weighted by Gasteiger charge is 2.26. The number of aliphatic hydroxyl groups excluding tert-OH is 1. The Hall–Kier alpha value is -0.680. The third-order valence-electron chi connectivity index (χ3n) is 2.69. The van der Waals surface area contributed by atoms with E-state index in [0.29, 0.717) is 6.42 Å². The molecule has 0 rings (SSSR count). The van der Waals surface area contributed by atoms with E-state index in [-0.39, 0.29) is 6.61 Å². The van der Waals surface area contributed by atoms with Gasteiger partial charge in [-0.15, -0.1) is 0 Å². The number of phosphoric acid groups is 1. The molecule has 0 aromatic heterocycles. The van der Waals surface area contributed by atoms with E-state index in [1.807, 2.05) is 0 Å². The summed E-state index contributed by atoms with van der Waals surface area (Å²) in [6.45, 7) is 4.91. The van der Waals surface area contributed by atoms with Gasteiger partial charge in [-0.2, -0.15) is 0 Å². The van der Waals surface area contributed by atoms with E-state index in [1.54, 1.807) is 0 Å². The molecule has 0 aliphatic rings. The number of carbonyl (C=O) groups is 1. The van der Waals surface area contributed by atoms with Gasteiger partial charge in [-0.1, -0.05) is 52.0 Å². The summed E-state index contributed by atoms with van der Waals surface area (Å²) in [5, 5.41) is 9.59. The van der Waals surface area contributed by atoms with Crippen LogP contribution in [-0.2, 0) is 18.4 Å². The highest BCUT2D eigenvalue weighted by atomic mass is 31.2. The predicted molar refractivity (Wildman–Crippen MR) is 76.1 cm³/mol. The molecule has 0 saturated heterocycles. The minimum Gasteiger partial charge on any atom is -0.391 e. The van der Waals surface area contributed by atoms with E-state index in [2.05, 4.69) is 22.6 Å². The number of hydrogen-bond donors (Lipinski definition) is 2. The van der Waals surface area contributed by atoms with Crippen molar-refractivity contribution in [2.24, 2.45) is 0 Å². The van der Waals surface area contributed by atoms with Gasteiger partial charge in [0, 0.05) is 6.08 Å². The Morgan fingerprint density at radius 1 is 1.30 bits per heavy atom. The van der Waals surface area contributed by atoms with Gasteiger partial charge in [-0.05, 0) is 6.42 Å². The Bertz CT molecular complexity index is 331. The molecule has 0 heterocycles. The number of carbonyl (C=O) groups excluding carboxylic acids is 1. The Kier molecular flexibility index (Phi) is 10.7. The molecule has 2 unspecified atom stereocenters. The Balaban J connectivity index is 3.70. The van der Waals surface area contributed by atoms with E-state index in [4.69, 9.17) is 4.89 Å². The van der Waals surface area contributed by atoms with Crippen molar-refractivity contribution in [1.82, 2.24) is 0 Å². The summed E-state index contributed by atoms with van der Waals surface area (Å²) >= 11 is 0. The molecule has 0 fully saturated rings. The normalized spacial score (nSPS) is 15.3. The molecule has 0 bridgehead atoms. The molecule has 0 saturated carbocycles. The molecule has 2 atom stereocenters. The molecular formula is C13H25O6P. The van der Waals surface area contributed by atoms with Crippen molar-refractivity contribution in [3.63, 3.8) is 0 Å². The number of unbranched alkanes of at least 4 members (excludes halogenated alkanes) is 5. The summed E-state index contributed by atoms with van der Waals surface area (Å²) in [5.41, 5.74) is 0. The second kappa shape index (κ2) is 11.0. The maximum atomic E-state index is 11.3. The monoisotopic (exact) mass is 308 g/mol. The third-order valence-corrected chi connectivity index (χ3v) is 3.58. The summed E-state index contributed by atoms with van der Waals surface area (Å²) in [7, 11) is -4.45. The van der Waals surface area contributed by atoms with Crippen LogP contribution in [0.15, 0.2) is 12.7 Å². The van der Waals surface area contributed by atoms with E-state index in [1.165, 1.54) is 19.3 Å². The summed E-state index contributed by atoms with van der Waals surface area (Å²) < 4.78 is 19.9. The van der Waals surface area contributed by atoms with Crippen LogP contribution in [0.5, 0.6) is 0 Å². The van der Waals surface area contributed by atoms with Gasteiger partial charge in [0.15, 0.2) is 0 Å². The van der Waals surface area contributed by atoms with Crippen molar-refractivity contribution < 1.29 is 28.4 Å². The molecule has 6 nitrogen and oxygen atoms in total. The lowest BCUT2D eigenvalue weighted by Crippen LogP contribution is -2.15. The fourth-order valence-corrected chi connectivity index (χ4v) is 2.32. The number of aliphatic hydroxyl groups is 1. The summed E-state index contributed by atoms with van der Waals surface area (Å²) in [6, 6.07) is 0. The molecule has 7 heteroatoms. The van der Waals surface area contributed by atoms with E-state index in [0.717, 1.165) is 25.3 Å². The molecule has 2 N–H and O–H groups in total. The molecule has 0 aliphatic carbocycles. The van der Waals surface area contributed by atoms with Gasteiger partial charge in [-0.3, -0.25) is 9.42 Å². The fraction of sp³-hybridized carbons (Fsp3) is 0.769. The van der Waals surface area contributed by atoms with Crippen molar-refractivity contribution in [3.05, 3.63) is 12.7 Å². The summed E-state index contributed by atoms with van der Waals surface area (Å²) in [5.74, 6) is -1.04. The quantitative estimate of drug-likeness (QED) is 0.327. The molecule has 20 heavy (non-hydrogen) atoms. The topological polar surface area (TPSA) is 93.1 Å². The van der Waals surface area contributed by atoms with Crippen LogP contribution in [-0.4, -0.2) is 28.7 Å². The zero-order valence-corrected chi connectivity index (χ0v) is 12.9. The van der Waals surface area contributed by atoms with Gasteiger partial charge in [-0.25, -0.2) is 9.36 Å². The van der Waals surface area contributed by atoms with Crippen LogP contribution in [0.2, 0.25) is 0 Å². The van der Waals surface area contributed by atoms with Crippen molar-refractivity contribution in [2.45, 2.75) is 58.0 Å². The van der Waals surface area contributed by atoms with Crippen LogP contribution in [0.3, 0.4) is 0 Å². The molecule has 0 aromatic carbocycles. The third kappa shape index (κ3) is 11.2. The SMILES string of the molecule is C=CC(=O)OP(=O)(O)OCC(O)CCCCCCCC. The van der Waals surface area contributed by atoms with Gasteiger partial charge in [0.25, 0.3) is 0 Å². The lowest BCUT2D eigenvalue weighted by Gasteiger charge is -2.14. The van der Waals surface area contributed by atoms with E-state index < -0.39 is 19.9 Å². The number of phosphoric ester groups is 1. The van der Waals surface area contributed by atoms with Crippen molar-refractivity contribution in [2.75, 3.05) is 6.61 Å². The predicted octanol–water partition coefficient (Wildman–Crippen LogP) is 2.94. The van der Waals surface area contributed by atoms with Crippen LogP contribution in [0.4, 0.5) is 0 Å². The highest BCUT2D eigenvalue weighted by molar-refractivity contribution is 7.48.